The third-order valence-corrected chi connectivity index (χ3v) is 4.11. The fourth-order valence-corrected chi connectivity index (χ4v) is 2.77. The summed E-state index contributed by atoms with van der Waals surface area (Å²) in [4.78, 5) is 11.1. The van der Waals surface area contributed by atoms with Crippen LogP contribution in [0.1, 0.15) is 0 Å². The van der Waals surface area contributed by atoms with Crippen molar-refractivity contribution in [3.05, 3.63) is 60.8 Å². The maximum absolute atomic E-state index is 6.08. The molecule has 4 rings (SSSR count). The van der Waals surface area contributed by atoms with Crippen molar-refractivity contribution in [3.8, 4) is 22.7 Å². The molecule has 124 valence electrons. The van der Waals surface area contributed by atoms with Crippen molar-refractivity contribution in [2.24, 2.45) is 0 Å². The Bertz CT molecular complexity index is 1020. The molecule has 2 aromatic carbocycles. The average molecular weight is 330 g/mol. The highest BCUT2D eigenvalue weighted by atomic mass is 16.3. The number of nitrogens with two attached hydrogens (primary N) is 1. The normalized spacial score (nSPS) is 11.0. The van der Waals surface area contributed by atoms with Crippen molar-refractivity contribution in [1.29, 1.82) is 0 Å². The molecular formula is C20H18N4O. The minimum Gasteiger partial charge on any atom is -0.454 e. The van der Waals surface area contributed by atoms with Crippen LogP contribution in [0.4, 0.5) is 11.5 Å². The van der Waals surface area contributed by atoms with Gasteiger partial charge in [0.05, 0.1) is 6.20 Å². The Hall–Kier alpha value is -3.34. The predicted octanol–water partition coefficient (Wildman–Crippen LogP) is 4.21. The summed E-state index contributed by atoms with van der Waals surface area (Å²) in [6.45, 7) is 0. The molecule has 25 heavy (non-hydrogen) atoms. The monoisotopic (exact) mass is 330 g/mol. The number of hydrogen-bond donors (Lipinski definition) is 1. The highest BCUT2D eigenvalue weighted by Gasteiger charge is 2.13. The summed E-state index contributed by atoms with van der Waals surface area (Å²) in [6, 6.07) is 17.9. The van der Waals surface area contributed by atoms with E-state index in [0.29, 0.717) is 23.0 Å². The Labute approximate surface area is 145 Å². The van der Waals surface area contributed by atoms with Gasteiger partial charge >= 0.3 is 0 Å². The SMILES string of the molecule is CN(C)c1cccc(-c2nc(-c3cc4ccccc4o3)cnc2N)c1. The van der Waals surface area contributed by atoms with Gasteiger partial charge in [-0.2, -0.15) is 0 Å². The zero-order valence-corrected chi connectivity index (χ0v) is 14.1. The van der Waals surface area contributed by atoms with Crippen LogP contribution in [0.15, 0.2) is 65.2 Å². The second-order valence-corrected chi connectivity index (χ2v) is 6.08. The van der Waals surface area contributed by atoms with Gasteiger partial charge in [0.1, 0.15) is 22.8 Å². The molecule has 2 heterocycles. The lowest BCUT2D eigenvalue weighted by molar-refractivity contribution is 0.628. The van der Waals surface area contributed by atoms with E-state index in [0.717, 1.165) is 22.2 Å². The Morgan fingerprint density at radius 1 is 1.00 bits per heavy atom. The molecule has 0 radical (unpaired) electrons. The number of para-hydroxylation sites is 1. The fraction of sp³-hybridized carbons (Fsp3) is 0.100. The van der Waals surface area contributed by atoms with Crippen LogP contribution in [0.25, 0.3) is 33.7 Å². The predicted molar refractivity (Wildman–Crippen MR) is 101 cm³/mol. The smallest absolute Gasteiger partial charge is 0.155 e. The average Bonchev–Trinajstić information content (AvgIpc) is 3.06. The molecule has 0 aliphatic carbocycles. The van der Waals surface area contributed by atoms with Crippen LogP contribution in [-0.2, 0) is 0 Å². The molecule has 2 N–H and O–H groups in total. The number of benzene rings is 2. The first-order valence-corrected chi connectivity index (χ1v) is 8.01. The third-order valence-electron chi connectivity index (χ3n) is 4.11. The first-order chi connectivity index (χ1) is 12.1. The molecule has 0 aliphatic rings. The van der Waals surface area contributed by atoms with Crippen LogP contribution in [0, 0.1) is 0 Å². The molecule has 5 nitrogen and oxygen atoms in total. The van der Waals surface area contributed by atoms with E-state index in [1.165, 1.54) is 0 Å². The lowest BCUT2D eigenvalue weighted by atomic mass is 10.1. The van der Waals surface area contributed by atoms with Crippen molar-refractivity contribution in [2.45, 2.75) is 0 Å². The second-order valence-electron chi connectivity index (χ2n) is 6.08. The molecule has 0 fully saturated rings. The summed E-state index contributed by atoms with van der Waals surface area (Å²) in [5.74, 6) is 1.08. The Kier molecular flexibility index (Phi) is 3.61. The zero-order chi connectivity index (χ0) is 17.4. The van der Waals surface area contributed by atoms with Gasteiger partial charge in [0.15, 0.2) is 5.76 Å². The zero-order valence-electron chi connectivity index (χ0n) is 14.1. The van der Waals surface area contributed by atoms with Crippen molar-refractivity contribution in [1.82, 2.24) is 9.97 Å². The lowest BCUT2D eigenvalue weighted by Crippen LogP contribution is -2.08. The molecule has 0 amide bonds. The Morgan fingerprint density at radius 3 is 2.64 bits per heavy atom. The second kappa shape index (κ2) is 5.94. The van der Waals surface area contributed by atoms with E-state index >= 15 is 0 Å². The summed E-state index contributed by atoms with van der Waals surface area (Å²) >= 11 is 0. The minimum atomic E-state index is 0.399. The summed E-state index contributed by atoms with van der Waals surface area (Å²) < 4.78 is 5.90. The molecule has 0 spiro atoms. The number of rotatable bonds is 3. The quantitative estimate of drug-likeness (QED) is 0.609. The van der Waals surface area contributed by atoms with Gasteiger partial charge in [-0.15, -0.1) is 0 Å². The van der Waals surface area contributed by atoms with E-state index < -0.39 is 0 Å². The topological polar surface area (TPSA) is 68.2 Å². The standard InChI is InChI=1S/C20H18N4O/c1-24(2)15-8-5-7-14(10-15)19-20(21)22-12-16(23-19)18-11-13-6-3-4-9-17(13)25-18/h3-12H,1-2H3,(H2,21,22). The molecule has 0 unspecified atom stereocenters. The van der Waals surface area contributed by atoms with E-state index in [9.17, 15) is 0 Å². The van der Waals surface area contributed by atoms with Gasteiger partial charge in [0.2, 0.25) is 0 Å². The first kappa shape index (κ1) is 15.2. The molecular weight excluding hydrogens is 312 g/mol. The van der Waals surface area contributed by atoms with Crippen LogP contribution in [-0.4, -0.2) is 24.1 Å². The van der Waals surface area contributed by atoms with Crippen molar-refractivity contribution in [3.63, 3.8) is 0 Å². The number of nitrogen functional groups attached to an aromatic ring is 1. The summed E-state index contributed by atoms with van der Waals surface area (Å²) in [7, 11) is 4.00. The number of fused-ring (bicyclic) bond motifs is 1. The Morgan fingerprint density at radius 2 is 1.84 bits per heavy atom. The number of aromatic nitrogens is 2. The van der Waals surface area contributed by atoms with Crippen molar-refractivity contribution in [2.75, 3.05) is 24.7 Å². The highest BCUT2D eigenvalue weighted by Crippen LogP contribution is 2.30. The van der Waals surface area contributed by atoms with Crippen LogP contribution < -0.4 is 10.6 Å². The molecule has 0 bridgehead atoms. The van der Waals surface area contributed by atoms with E-state index in [-0.39, 0.29) is 0 Å². The van der Waals surface area contributed by atoms with Crippen LogP contribution in [0.2, 0.25) is 0 Å². The molecule has 5 heteroatoms. The molecule has 0 atom stereocenters. The summed E-state index contributed by atoms with van der Waals surface area (Å²) in [5, 5.41) is 1.03. The van der Waals surface area contributed by atoms with Gasteiger partial charge in [-0.3, -0.25) is 0 Å². The third kappa shape index (κ3) is 2.80. The van der Waals surface area contributed by atoms with Gasteiger partial charge in [0, 0.05) is 30.7 Å². The van der Waals surface area contributed by atoms with Gasteiger partial charge in [-0.25, -0.2) is 9.97 Å². The van der Waals surface area contributed by atoms with Crippen LogP contribution in [0.3, 0.4) is 0 Å². The van der Waals surface area contributed by atoms with E-state index in [4.69, 9.17) is 15.1 Å². The number of nitrogens with zero attached hydrogens (tertiary/aromatic N) is 3. The lowest BCUT2D eigenvalue weighted by Gasteiger charge is -2.14. The molecule has 0 aliphatic heterocycles. The number of furan rings is 1. The van der Waals surface area contributed by atoms with Crippen molar-refractivity contribution >= 4 is 22.5 Å². The number of hydrogen-bond acceptors (Lipinski definition) is 5. The molecule has 0 saturated heterocycles. The Balaban J connectivity index is 1.82. The van der Waals surface area contributed by atoms with Gasteiger partial charge in [-0.1, -0.05) is 30.3 Å². The van der Waals surface area contributed by atoms with Gasteiger partial charge in [-0.05, 0) is 24.3 Å². The minimum absolute atomic E-state index is 0.399. The molecule has 2 aromatic heterocycles. The fourth-order valence-electron chi connectivity index (χ4n) is 2.77. The summed E-state index contributed by atoms with van der Waals surface area (Å²) in [6.07, 6.45) is 1.65. The largest absolute Gasteiger partial charge is 0.454 e. The van der Waals surface area contributed by atoms with E-state index in [1.54, 1.807) is 6.20 Å². The van der Waals surface area contributed by atoms with Gasteiger partial charge < -0.3 is 15.1 Å². The van der Waals surface area contributed by atoms with Crippen LogP contribution in [0.5, 0.6) is 0 Å². The summed E-state index contributed by atoms with van der Waals surface area (Å²) in [5.41, 5.74) is 10.2. The molecule has 0 saturated carbocycles. The van der Waals surface area contributed by atoms with E-state index in [1.807, 2.05) is 73.6 Å². The highest BCUT2D eigenvalue weighted by molar-refractivity contribution is 5.83. The van der Waals surface area contributed by atoms with Crippen molar-refractivity contribution < 1.29 is 4.42 Å². The maximum Gasteiger partial charge on any atom is 0.155 e. The first-order valence-electron chi connectivity index (χ1n) is 8.01. The van der Waals surface area contributed by atoms with E-state index in [2.05, 4.69) is 4.98 Å². The van der Waals surface area contributed by atoms with Gasteiger partial charge in [0.25, 0.3) is 0 Å². The number of anilines is 2. The molecule has 4 aromatic rings. The van der Waals surface area contributed by atoms with Crippen LogP contribution >= 0.6 is 0 Å². The maximum atomic E-state index is 6.08.